The van der Waals surface area contributed by atoms with Crippen LogP contribution in [-0.4, -0.2) is 13.2 Å². The highest BCUT2D eigenvalue weighted by molar-refractivity contribution is 6.36. The van der Waals surface area contributed by atoms with Gasteiger partial charge in [-0.2, -0.15) is 0 Å². The minimum absolute atomic E-state index is 0.760. The van der Waals surface area contributed by atoms with Gasteiger partial charge in [-0.15, -0.1) is 0 Å². The lowest BCUT2D eigenvalue weighted by Gasteiger charge is -2.20. The van der Waals surface area contributed by atoms with E-state index in [2.05, 4.69) is 135 Å². The number of fused-ring (bicyclic) bond motifs is 4. The summed E-state index contributed by atoms with van der Waals surface area (Å²) in [7, 11) is 0. The zero-order valence-corrected chi connectivity index (χ0v) is 30.4. The van der Waals surface area contributed by atoms with E-state index < -0.39 is 0 Å². The smallest absolute Gasteiger partial charge is 0.119 e. The van der Waals surface area contributed by atoms with Crippen LogP contribution >= 0.6 is 0 Å². The molecule has 8 rings (SSSR count). The third-order valence-corrected chi connectivity index (χ3v) is 10.5. The average molecular weight is 679 g/mol. The number of benzene rings is 8. The molecule has 2 heteroatoms. The molecule has 0 saturated heterocycles. The average Bonchev–Trinajstić information content (AvgIpc) is 3.19. The zero-order chi connectivity index (χ0) is 35.3. The largest absolute Gasteiger partial charge is 0.494 e. The number of hydrogen-bond acceptors (Lipinski definition) is 2. The van der Waals surface area contributed by atoms with E-state index in [1.54, 1.807) is 0 Å². The second-order valence-corrected chi connectivity index (χ2v) is 14.0. The topological polar surface area (TPSA) is 18.5 Å². The van der Waals surface area contributed by atoms with Gasteiger partial charge in [-0.1, -0.05) is 149 Å². The van der Waals surface area contributed by atoms with E-state index in [0.717, 1.165) is 48.7 Å². The molecule has 0 aliphatic rings. The van der Waals surface area contributed by atoms with E-state index in [0.29, 0.717) is 0 Å². The molecule has 52 heavy (non-hydrogen) atoms. The fourth-order valence-electron chi connectivity index (χ4n) is 7.89. The van der Waals surface area contributed by atoms with E-state index in [9.17, 15) is 0 Å². The van der Waals surface area contributed by atoms with E-state index in [1.807, 2.05) is 12.1 Å². The molecule has 0 aliphatic carbocycles. The highest BCUT2D eigenvalue weighted by Crippen LogP contribution is 2.47. The molecular weight excluding hydrogens is 633 g/mol. The third kappa shape index (κ3) is 6.53. The Morgan fingerprint density at radius 1 is 0.404 bits per heavy atom. The van der Waals surface area contributed by atoms with Crippen molar-refractivity contribution in [2.45, 2.75) is 65.2 Å². The fraction of sp³-hybridized carbons (Fsp3) is 0.240. The van der Waals surface area contributed by atoms with E-state index in [-0.39, 0.29) is 0 Å². The van der Waals surface area contributed by atoms with Crippen molar-refractivity contribution in [3.8, 4) is 34.5 Å². The molecule has 0 aliphatic heterocycles. The monoisotopic (exact) mass is 678 g/mol. The highest BCUT2D eigenvalue weighted by atomic mass is 16.5. The third-order valence-electron chi connectivity index (χ3n) is 10.5. The Morgan fingerprint density at radius 3 is 1.52 bits per heavy atom. The van der Waals surface area contributed by atoms with Gasteiger partial charge in [0.05, 0.1) is 13.2 Å². The molecule has 0 N–H and O–H groups in total. The first-order valence-corrected chi connectivity index (χ1v) is 19.3. The number of hydrogen-bond donors (Lipinski definition) is 0. The Kier molecular flexibility index (Phi) is 9.94. The second kappa shape index (κ2) is 15.4. The number of ether oxygens (including phenoxy) is 2. The molecule has 0 unspecified atom stereocenters. The first-order chi connectivity index (χ1) is 25.7. The minimum Gasteiger partial charge on any atom is -0.494 e. The summed E-state index contributed by atoms with van der Waals surface area (Å²) < 4.78 is 12.1. The van der Waals surface area contributed by atoms with Crippen molar-refractivity contribution >= 4 is 53.9 Å². The van der Waals surface area contributed by atoms with Crippen LogP contribution in [0.5, 0.6) is 11.5 Å². The van der Waals surface area contributed by atoms with Crippen molar-refractivity contribution in [1.82, 2.24) is 0 Å². The van der Waals surface area contributed by atoms with Gasteiger partial charge in [-0.05, 0) is 114 Å². The van der Waals surface area contributed by atoms with Crippen LogP contribution in [0.1, 0.15) is 76.3 Å². The van der Waals surface area contributed by atoms with E-state index >= 15 is 0 Å². The number of unbranched alkanes of at least 4 members (excludes halogenated alkanes) is 6. The van der Waals surface area contributed by atoms with Gasteiger partial charge in [0.2, 0.25) is 0 Å². The molecule has 0 bridgehead atoms. The summed E-state index contributed by atoms with van der Waals surface area (Å²) in [6.45, 7) is 6.00. The molecule has 0 heterocycles. The zero-order valence-electron chi connectivity index (χ0n) is 30.4. The quantitative estimate of drug-likeness (QED) is 0.0523. The van der Waals surface area contributed by atoms with Crippen LogP contribution in [0.25, 0.3) is 65.0 Å². The molecule has 0 fully saturated rings. The van der Waals surface area contributed by atoms with Crippen molar-refractivity contribution in [2.24, 2.45) is 0 Å². The highest BCUT2D eigenvalue weighted by Gasteiger charge is 2.20. The van der Waals surface area contributed by atoms with Crippen LogP contribution < -0.4 is 9.47 Å². The lowest BCUT2D eigenvalue weighted by molar-refractivity contribution is 0.305. The van der Waals surface area contributed by atoms with E-state index in [4.69, 9.17) is 9.47 Å². The van der Waals surface area contributed by atoms with Gasteiger partial charge < -0.3 is 9.47 Å². The lowest BCUT2D eigenvalue weighted by atomic mass is 9.83. The predicted octanol–water partition coefficient (Wildman–Crippen LogP) is 13.9. The Bertz CT molecular complexity index is 2530. The molecule has 8 aromatic rings. The second-order valence-electron chi connectivity index (χ2n) is 14.0. The van der Waals surface area contributed by atoms with Gasteiger partial charge >= 0.3 is 0 Å². The van der Waals surface area contributed by atoms with Gasteiger partial charge in [0, 0.05) is 11.1 Å². The molecule has 2 nitrogen and oxygen atoms in total. The summed E-state index contributed by atoms with van der Waals surface area (Å²) in [5, 5.41) is 12.5. The van der Waals surface area contributed by atoms with Crippen molar-refractivity contribution in [1.29, 1.82) is 0 Å². The maximum absolute atomic E-state index is 6.13. The summed E-state index contributed by atoms with van der Waals surface area (Å²) >= 11 is 0. The molecule has 8 aromatic carbocycles. The minimum atomic E-state index is 0.760. The van der Waals surface area contributed by atoms with Crippen LogP contribution in [0.3, 0.4) is 0 Å². The Labute approximate surface area is 307 Å². The fourth-order valence-corrected chi connectivity index (χ4v) is 7.89. The summed E-state index contributed by atoms with van der Waals surface area (Å²) in [4.78, 5) is 0. The van der Waals surface area contributed by atoms with Gasteiger partial charge in [0.25, 0.3) is 0 Å². The molecule has 0 amide bonds. The van der Waals surface area contributed by atoms with Gasteiger partial charge in [-0.3, -0.25) is 0 Å². The number of rotatable bonds is 13. The van der Waals surface area contributed by atoms with Crippen LogP contribution in [0.2, 0.25) is 0 Å². The van der Waals surface area contributed by atoms with Crippen LogP contribution in [0, 0.1) is 11.8 Å². The molecule has 0 spiro atoms. The summed E-state index contributed by atoms with van der Waals surface area (Å²) in [6.07, 6.45) is 9.60. The standard InChI is InChI=1S/C50H46O2/c1-3-5-7-13-33-51-37-24-19-35(20-25-37)21-28-42-39-15-9-10-16-40(39)44-31-32-47-48(36-22-26-38(27-23-36)52-34-14-8-6-4-2)43-18-12-11-17-41(43)45-29-30-46(42)49(44)50(45)47/h9-12,15-20,22-27,29-32H,3-8,13-14,33-34H2,1-2H3. The summed E-state index contributed by atoms with van der Waals surface area (Å²) in [6, 6.07) is 43.9. The first kappa shape index (κ1) is 33.6. The maximum atomic E-state index is 6.13. The normalized spacial score (nSPS) is 11.5. The Hall–Kier alpha value is -5.52. The van der Waals surface area contributed by atoms with Gasteiger partial charge in [0.15, 0.2) is 0 Å². The molecular formula is C50H46O2. The summed E-state index contributed by atoms with van der Waals surface area (Å²) in [5.74, 6) is 9.01. The van der Waals surface area contributed by atoms with Crippen molar-refractivity contribution in [2.75, 3.05) is 13.2 Å². The van der Waals surface area contributed by atoms with E-state index in [1.165, 1.54) is 104 Å². The van der Waals surface area contributed by atoms with Crippen molar-refractivity contribution in [3.05, 3.63) is 132 Å². The van der Waals surface area contributed by atoms with Crippen molar-refractivity contribution < 1.29 is 9.47 Å². The SMILES string of the molecule is CCCCCCOc1ccc(C#Cc2c3ccccc3c3ccc4c(-c5ccc(OCCCCCC)cc5)c5ccccc5c5ccc2c3c45)cc1. The predicted molar refractivity (Wildman–Crippen MR) is 222 cm³/mol. The van der Waals surface area contributed by atoms with Crippen LogP contribution in [-0.2, 0) is 0 Å². The van der Waals surface area contributed by atoms with Gasteiger partial charge in [-0.25, -0.2) is 0 Å². The first-order valence-electron chi connectivity index (χ1n) is 19.3. The molecule has 0 atom stereocenters. The summed E-state index contributed by atoms with van der Waals surface area (Å²) in [5.41, 5.74) is 4.52. The molecule has 0 aromatic heterocycles. The van der Waals surface area contributed by atoms with Gasteiger partial charge in [0.1, 0.15) is 11.5 Å². The van der Waals surface area contributed by atoms with Crippen LogP contribution in [0.4, 0.5) is 0 Å². The lowest BCUT2D eigenvalue weighted by Crippen LogP contribution is -1.97. The Balaban J connectivity index is 1.24. The van der Waals surface area contributed by atoms with Crippen molar-refractivity contribution in [3.63, 3.8) is 0 Å². The molecule has 0 radical (unpaired) electrons. The molecule has 258 valence electrons. The molecule has 0 saturated carbocycles. The van der Waals surface area contributed by atoms with Crippen LogP contribution in [0.15, 0.2) is 121 Å². The Morgan fingerprint density at radius 2 is 0.904 bits per heavy atom. The maximum Gasteiger partial charge on any atom is 0.119 e.